The van der Waals surface area contributed by atoms with Crippen molar-refractivity contribution in [2.24, 2.45) is 0 Å². The summed E-state index contributed by atoms with van der Waals surface area (Å²) in [6.07, 6.45) is 0. The second-order valence-electron chi connectivity index (χ2n) is 7.92. The van der Waals surface area contributed by atoms with Gasteiger partial charge in [0, 0.05) is 21.8 Å². The minimum absolute atomic E-state index is 1.17. The van der Waals surface area contributed by atoms with Gasteiger partial charge in [0.15, 0.2) is 0 Å². The van der Waals surface area contributed by atoms with Crippen molar-refractivity contribution in [1.29, 1.82) is 0 Å². The molecule has 5 aromatic carbocycles. The highest BCUT2D eigenvalue weighted by molar-refractivity contribution is 6.09. The summed E-state index contributed by atoms with van der Waals surface area (Å²) in [5.74, 6) is 0. The molecule has 0 atom stereocenters. The summed E-state index contributed by atoms with van der Waals surface area (Å²) in [5, 5.41) is 2.53. The molecular formula is C30H21N. The lowest BCUT2D eigenvalue weighted by Crippen LogP contribution is -1.88. The molecule has 1 N–H and O–H groups in total. The maximum absolute atomic E-state index is 3.54. The number of rotatable bonds is 3. The molecule has 0 bridgehead atoms. The summed E-state index contributed by atoms with van der Waals surface area (Å²) >= 11 is 0. The molecule has 0 fully saturated rings. The van der Waals surface area contributed by atoms with E-state index >= 15 is 0 Å². The van der Waals surface area contributed by atoms with Crippen LogP contribution >= 0.6 is 0 Å². The molecule has 0 spiro atoms. The summed E-state index contributed by atoms with van der Waals surface area (Å²) in [6, 6.07) is 43.3. The Kier molecular flexibility index (Phi) is 4.18. The van der Waals surface area contributed by atoms with E-state index in [4.69, 9.17) is 0 Å². The summed E-state index contributed by atoms with van der Waals surface area (Å²) < 4.78 is 0. The number of fused-ring (bicyclic) bond motifs is 3. The van der Waals surface area contributed by atoms with E-state index in [0.29, 0.717) is 0 Å². The maximum atomic E-state index is 3.54. The molecule has 1 heteroatoms. The van der Waals surface area contributed by atoms with Crippen LogP contribution in [-0.2, 0) is 0 Å². The summed E-state index contributed by atoms with van der Waals surface area (Å²) in [7, 11) is 0. The van der Waals surface area contributed by atoms with E-state index in [-0.39, 0.29) is 0 Å². The Morgan fingerprint density at radius 2 is 1.00 bits per heavy atom. The molecule has 0 aliphatic rings. The predicted molar refractivity (Wildman–Crippen MR) is 132 cm³/mol. The van der Waals surface area contributed by atoms with Gasteiger partial charge in [-0.3, -0.25) is 0 Å². The minimum Gasteiger partial charge on any atom is -0.355 e. The van der Waals surface area contributed by atoms with Gasteiger partial charge in [-0.15, -0.1) is 0 Å². The first-order valence-electron chi connectivity index (χ1n) is 10.6. The van der Waals surface area contributed by atoms with Gasteiger partial charge < -0.3 is 4.98 Å². The summed E-state index contributed by atoms with van der Waals surface area (Å²) in [4.78, 5) is 3.54. The van der Waals surface area contributed by atoms with Crippen molar-refractivity contribution in [2.75, 3.05) is 0 Å². The van der Waals surface area contributed by atoms with E-state index in [9.17, 15) is 0 Å². The summed E-state index contributed by atoms with van der Waals surface area (Å²) in [6.45, 7) is 0. The minimum atomic E-state index is 1.17. The molecule has 0 amide bonds. The third-order valence-corrected chi connectivity index (χ3v) is 6.03. The number of nitrogens with one attached hydrogen (secondary N) is 1. The largest absolute Gasteiger partial charge is 0.355 e. The van der Waals surface area contributed by atoms with Crippen LogP contribution in [-0.4, -0.2) is 4.98 Å². The fourth-order valence-corrected chi connectivity index (χ4v) is 4.48. The zero-order chi connectivity index (χ0) is 20.6. The van der Waals surface area contributed by atoms with Gasteiger partial charge in [-0.25, -0.2) is 0 Å². The van der Waals surface area contributed by atoms with Gasteiger partial charge in [0.05, 0.1) is 0 Å². The third-order valence-electron chi connectivity index (χ3n) is 6.03. The highest BCUT2D eigenvalue weighted by Gasteiger charge is 2.12. The Balaban J connectivity index is 1.61. The molecule has 146 valence electrons. The first-order chi connectivity index (χ1) is 15.4. The molecule has 0 saturated heterocycles. The smallest absolute Gasteiger partial charge is 0.0465 e. The van der Waals surface area contributed by atoms with Crippen LogP contribution in [0.2, 0.25) is 0 Å². The van der Waals surface area contributed by atoms with Crippen LogP contribution in [0.1, 0.15) is 0 Å². The summed E-state index contributed by atoms with van der Waals surface area (Å²) in [5.41, 5.74) is 9.77. The topological polar surface area (TPSA) is 15.8 Å². The van der Waals surface area contributed by atoms with Gasteiger partial charge in [0.25, 0.3) is 0 Å². The number of aromatic nitrogens is 1. The number of para-hydroxylation sites is 1. The zero-order valence-electron chi connectivity index (χ0n) is 17.0. The van der Waals surface area contributed by atoms with Crippen molar-refractivity contribution in [3.8, 4) is 33.4 Å². The van der Waals surface area contributed by atoms with E-state index in [2.05, 4.69) is 126 Å². The molecule has 6 rings (SSSR count). The molecule has 0 aliphatic heterocycles. The van der Waals surface area contributed by atoms with E-state index in [1.54, 1.807) is 0 Å². The van der Waals surface area contributed by atoms with Crippen LogP contribution in [0.4, 0.5) is 0 Å². The first kappa shape index (κ1) is 17.7. The van der Waals surface area contributed by atoms with Crippen molar-refractivity contribution in [3.05, 3.63) is 121 Å². The molecule has 1 heterocycles. The standard InChI is InChI=1S/C30H21N/c1-3-9-21(10-4-1)23-15-17-25(22-11-5-2-6-12-22)27(19-23)24-16-18-30-28(20-24)26-13-7-8-14-29(26)31-30/h1-20,31H. The van der Waals surface area contributed by atoms with Gasteiger partial charge in [0.1, 0.15) is 0 Å². The normalized spacial score (nSPS) is 11.2. The van der Waals surface area contributed by atoms with E-state index in [1.807, 2.05) is 0 Å². The van der Waals surface area contributed by atoms with Crippen LogP contribution in [0.3, 0.4) is 0 Å². The van der Waals surface area contributed by atoms with Gasteiger partial charge in [0.2, 0.25) is 0 Å². The maximum Gasteiger partial charge on any atom is 0.0465 e. The molecule has 0 unspecified atom stereocenters. The van der Waals surface area contributed by atoms with Gasteiger partial charge >= 0.3 is 0 Å². The number of benzene rings is 5. The molecule has 1 aromatic heterocycles. The fraction of sp³-hybridized carbons (Fsp3) is 0. The SMILES string of the molecule is c1ccc(-c2ccc(-c3ccccc3)c(-c3ccc4[nH]c5ccccc5c4c3)c2)cc1. The second-order valence-corrected chi connectivity index (χ2v) is 7.92. The number of hydrogen-bond acceptors (Lipinski definition) is 0. The van der Waals surface area contributed by atoms with Crippen LogP contribution in [0, 0.1) is 0 Å². The zero-order valence-corrected chi connectivity index (χ0v) is 17.0. The van der Waals surface area contributed by atoms with Gasteiger partial charge in [-0.1, -0.05) is 97.1 Å². The van der Waals surface area contributed by atoms with Crippen LogP contribution in [0.5, 0.6) is 0 Å². The fourth-order valence-electron chi connectivity index (χ4n) is 4.48. The lowest BCUT2D eigenvalue weighted by Gasteiger charge is -2.13. The molecular weight excluding hydrogens is 374 g/mol. The highest BCUT2D eigenvalue weighted by atomic mass is 14.7. The van der Waals surface area contributed by atoms with E-state index in [0.717, 1.165) is 0 Å². The van der Waals surface area contributed by atoms with Crippen molar-refractivity contribution in [1.82, 2.24) is 4.98 Å². The monoisotopic (exact) mass is 395 g/mol. The predicted octanol–water partition coefficient (Wildman–Crippen LogP) is 8.32. The average molecular weight is 396 g/mol. The number of hydrogen-bond donors (Lipinski definition) is 1. The van der Waals surface area contributed by atoms with Crippen molar-refractivity contribution < 1.29 is 0 Å². The average Bonchev–Trinajstić information content (AvgIpc) is 3.23. The Bertz CT molecular complexity index is 1510. The Labute approximate surface area is 181 Å². The highest BCUT2D eigenvalue weighted by Crippen LogP contribution is 2.38. The molecule has 0 radical (unpaired) electrons. The Morgan fingerprint density at radius 1 is 0.355 bits per heavy atom. The lowest BCUT2D eigenvalue weighted by molar-refractivity contribution is 1.54. The van der Waals surface area contributed by atoms with Crippen molar-refractivity contribution >= 4 is 21.8 Å². The molecule has 0 aliphatic carbocycles. The van der Waals surface area contributed by atoms with E-state index in [1.165, 1.54) is 55.2 Å². The second kappa shape index (κ2) is 7.30. The Morgan fingerprint density at radius 3 is 1.81 bits per heavy atom. The van der Waals surface area contributed by atoms with Crippen LogP contribution in [0.25, 0.3) is 55.2 Å². The van der Waals surface area contributed by atoms with E-state index < -0.39 is 0 Å². The third kappa shape index (κ3) is 3.12. The molecule has 6 aromatic rings. The van der Waals surface area contributed by atoms with Crippen LogP contribution < -0.4 is 0 Å². The number of H-pyrrole nitrogens is 1. The lowest BCUT2D eigenvalue weighted by atomic mass is 9.90. The van der Waals surface area contributed by atoms with Crippen LogP contribution in [0.15, 0.2) is 121 Å². The molecule has 31 heavy (non-hydrogen) atoms. The molecule has 1 nitrogen and oxygen atoms in total. The van der Waals surface area contributed by atoms with Crippen molar-refractivity contribution in [2.45, 2.75) is 0 Å². The molecule has 0 saturated carbocycles. The van der Waals surface area contributed by atoms with Gasteiger partial charge in [-0.05, 0) is 57.6 Å². The Hall–Kier alpha value is -4.10. The first-order valence-corrected chi connectivity index (χ1v) is 10.6. The van der Waals surface area contributed by atoms with Crippen molar-refractivity contribution in [3.63, 3.8) is 0 Å². The van der Waals surface area contributed by atoms with Gasteiger partial charge in [-0.2, -0.15) is 0 Å². The number of aromatic amines is 1. The quantitative estimate of drug-likeness (QED) is 0.310.